The van der Waals surface area contributed by atoms with Gasteiger partial charge in [0.2, 0.25) is 0 Å². The summed E-state index contributed by atoms with van der Waals surface area (Å²) < 4.78 is 51.7. The fourth-order valence-electron chi connectivity index (χ4n) is 2.81. The summed E-state index contributed by atoms with van der Waals surface area (Å²) in [6, 6.07) is 6.11. The van der Waals surface area contributed by atoms with E-state index in [2.05, 4.69) is 20.8 Å². The summed E-state index contributed by atoms with van der Waals surface area (Å²) in [5.41, 5.74) is -0.172. The van der Waals surface area contributed by atoms with Gasteiger partial charge in [0.25, 0.3) is 5.91 Å². The number of tetrazole rings is 1. The number of rotatable bonds is 5. The number of anilines is 1. The van der Waals surface area contributed by atoms with Crippen LogP contribution in [-0.4, -0.2) is 40.3 Å². The first-order chi connectivity index (χ1) is 14.1. The van der Waals surface area contributed by atoms with Crippen LogP contribution in [0.25, 0.3) is 5.69 Å². The van der Waals surface area contributed by atoms with Gasteiger partial charge in [-0.1, -0.05) is 0 Å². The molecule has 0 aliphatic heterocycles. The Labute approximate surface area is 169 Å². The standard InChI is InChI=1S/C19H18F3N5O3/c1-10-5-16(29-3)17(30-4)9-15(10)23-18(28)12-6-13(19(20,21)22)8-14(7-12)27-11(2)24-25-26-27/h5-9H,1-4H3,(H,23,28). The Bertz CT molecular complexity index is 1100. The zero-order chi connectivity index (χ0) is 22.1. The van der Waals surface area contributed by atoms with Gasteiger partial charge in [-0.2, -0.15) is 17.9 Å². The zero-order valence-corrected chi connectivity index (χ0v) is 16.5. The third kappa shape index (κ3) is 4.19. The highest BCUT2D eigenvalue weighted by molar-refractivity contribution is 6.05. The van der Waals surface area contributed by atoms with Crippen LogP contribution in [0.4, 0.5) is 18.9 Å². The van der Waals surface area contributed by atoms with Gasteiger partial charge in [-0.15, -0.1) is 5.10 Å². The van der Waals surface area contributed by atoms with Crippen molar-refractivity contribution in [2.75, 3.05) is 19.5 Å². The molecular weight excluding hydrogens is 403 g/mol. The fourth-order valence-corrected chi connectivity index (χ4v) is 2.81. The summed E-state index contributed by atoms with van der Waals surface area (Å²) in [5.74, 6) is 0.371. The van der Waals surface area contributed by atoms with Gasteiger partial charge < -0.3 is 14.8 Å². The summed E-state index contributed by atoms with van der Waals surface area (Å²) in [6.07, 6.45) is -4.66. The minimum absolute atomic E-state index is 0.0153. The monoisotopic (exact) mass is 421 g/mol. The van der Waals surface area contributed by atoms with Gasteiger partial charge in [-0.05, 0) is 54.1 Å². The van der Waals surface area contributed by atoms with Crippen molar-refractivity contribution >= 4 is 11.6 Å². The Kier molecular flexibility index (Phi) is 5.63. The second-order valence-electron chi connectivity index (χ2n) is 6.38. The summed E-state index contributed by atoms with van der Waals surface area (Å²) in [6.45, 7) is 3.26. The number of alkyl halides is 3. The highest BCUT2D eigenvalue weighted by atomic mass is 19.4. The van der Waals surface area contributed by atoms with Crippen LogP contribution in [0.3, 0.4) is 0 Å². The summed E-state index contributed by atoms with van der Waals surface area (Å²) in [7, 11) is 2.91. The van der Waals surface area contributed by atoms with Crippen molar-refractivity contribution in [3.8, 4) is 17.2 Å². The van der Waals surface area contributed by atoms with E-state index in [9.17, 15) is 18.0 Å². The van der Waals surface area contributed by atoms with Crippen molar-refractivity contribution in [2.45, 2.75) is 20.0 Å². The predicted molar refractivity (Wildman–Crippen MR) is 101 cm³/mol. The average Bonchev–Trinajstić information content (AvgIpc) is 3.14. The van der Waals surface area contributed by atoms with Gasteiger partial charge in [-0.3, -0.25) is 4.79 Å². The molecule has 0 aliphatic carbocycles. The molecule has 1 N–H and O–H groups in total. The summed E-state index contributed by atoms with van der Waals surface area (Å²) >= 11 is 0. The number of nitrogens with one attached hydrogen (secondary N) is 1. The van der Waals surface area contributed by atoms with E-state index in [0.717, 1.165) is 16.8 Å². The number of hydrogen-bond donors (Lipinski definition) is 1. The third-order valence-corrected chi connectivity index (χ3v) is 4.36. The van der Waals surface area contributed by atoms with Crippen LogP contribution in [0.5, 0.6) is 11.5 Å². The van der Waals surface area contributed by atoms with Crippen LogP contribution in [0.15, 0.2) is 30.3 Å². The average molecular weight is 421 g/mol. The van der Waals surface area contributed by atoms with E-state index < -0.39 is 17.6 Å². The maximum absolute atomic E-state index is 13.4. The molecule has 1 aromatic heterocycles. The molecule has 0 bridgehead atoms. The Hall–Kier alpha value is -3.63. The van der Waals surface area contributed by atoms with Crippen LogP contribution in [-0.2, 0) is 6.18 Å². The Morgan fingerprint density at radius 1 is 1.03 bits per heavy atom. The number of aromatic nitrogens is 4. The quantitative estimate of drug-likeness (QED) is 0.677. The SMILES string of the molecule is COc1cc(C)c(NC(=O)c2cc(-n3nnnc3C)cc(C(F)(F)F)c2)cc1OC. The molecule has 0 aliphatic rings. The largest absolute Gasteiger partial charge is 0.493 e. The van der Waals surface area contributed by atoms with Crippen molar-refractivity contribution in [3.63, 3.8) is 0 Å². The Morgan fingerprint density at radius 2 is 1.70 bits per heavy atom. The number of benzene rings is 2. The molecule has 1 heterocycles. The van der Waals surface area contributed by atoms with Gasteiger partial charge in [0.15, 0.2) is 17.3 Å². The number of halogens is 3. The lowest BCUT2D eigenvalue weighted by atomic mass is 10.1. The topological polar surface area (TPSA) is 91.2 Å². The lowest BCUT2D eigenvalue weighted by Crippen LogP contribution is -2.16. The number of nitrogens with zero attached hydrogens (tertiary/aromatic N) is 4. The normalized spacial score (nSPS) is 11.3. The molecule has 0 unspecified atom stereocenters. The number of methoxy groups -OCH3 is 2. The molecule has 0 spiro atoms. The second kappa shape index (κ2) is 8.01. The first-order valence-corrected chi connectivity index (χ1v) is 8.65. The highest BCUT2D eigenvalue weighted by Crippen LogP contribution is 2.34. The first-order valence-electron chi connectivity index (χ1n) is 8.65. The predicted octanol–water partition coefficient (Wildman–Crippen LogP) is 3.57. The number of amides is 1. The molecule has 3 rings (SSSR count). The van der Waals surface area contributed by atoms with Crippen LogP contribution in [0, 0.1) is 13.8 Å². The van der Waals surface area contributed by atoms with Gasteiger partial charge in [0, 0.05) is 17.3 Å². The molecule has 0 atom stereocenters. The van der Waals surface area contributed by atoms with Gasteiger partial charge in [0.05, 0.1) is 25.5 Å². The van der Waals surface area contributed by atoms with E-state index >= 15 is 0 Å². The van der Waals surface area contributed by atoms with Crippen molar-refractivity contribution in [1.29, 1.82) is 0 Å². The maximum Gasteiger partial charge on any atom is 0.416 e. The first kappa shape index (κ1) is 21.1. The number of aryl methyl sites for hydroxylation is 2. The maximum atomic E-state index is 13.4. The van der Waals surface area contributed by atoms with Gasteiger partial charge in [0.1, 0.15) is 0 Å². The van der Waals surface area contributed by atoms with Crippen molar-refractivity contribution in [2.24, 2.45) is 0 Å². The molecule has 2 aromatic carbocycles. The van der Waals surface area contributed by atoms with E-state index in [-0.39, 0.29) is 17.1 Å². The van der Waals surface area contributed by atoms with Crippen LogP contribution >= 0.6 is 0 Å². The molecule has 0 radical (unpaired) electrons. The van der Waals surface area contributed by atoms with Crippen LogP contribution < -0.4 is 14.8 Å². The molecular formula is C19H18F3N5O3. The number of carbonyl (C=O) groups excluding carboxylic acids is 1. The Morgan fingerprint density at radius 3 is 2.27 bits per heavy atom. The number of ether oxygens (including phenoxy) is 2. The fraction of sp³-hybridized carbons (Fsp3) is 0.263. The minimum Gasteiger partial charge on any atom is -0.493 e. The molecule has 3 aromatic rings. The van der Waals surface area contributed by atoms with Crippen LogP contribution in [0.1, 0.15) is 27.3 Å². The molecule has 11 heteroatoms. The molecule has 0 saturated heterocycles. The Balaban J connectivity index is 2.03. The minimum atomic E-state index is -4.66. The van der Waals surface area contributed by atoms with Crippen molar-refractivity contribution < 1.29 is 27.4 Å². The van der Waals surface area contributed by atoms with E-state index in [1.807, 2.05) is 0 Å². The molecule has 0 fully saturated rings. The van der Waals surface area contributed by atoms with E-state index in [1.165, 1.54) is 33.3 Å². The van der Waals surface area contributed by atoms with E-state index in [0.29, 0.717) is 22.7 Å². The highest BCUT2D eigenvalue weighted by Gasteiger charge is 2.32. The van der Waals surface area contributed by atoms with Gasteiger partial charge in [-0.25, -0.2) is 0 Å². The molecule has 158 valence electrons. The number of hydrogen-bond acceptors (Lipinski definition) is 6. The van der Waals surface area contributed by atoms with E-state index in [4.69, 9.17) is 9.47 Å². The molecule has 8 nitrogen and oxygen atoms in total. The lowest BCUT2D eigenvalue weighted by Gasteiger charge is -2.15. The van der Waals surface area contributed by atoms with E-state index in [1.54, 1.807) is 13.0 Å². The molecule has 0 saturated carbocycles. The van der Waals surface area contributed by atoms with Crippen LogP contribution in [0.2, 0.25) is 0 Å². The molecule has 30 heavy (non-hydrogen) atoms. The molecule has 1 amide bonds. The zero-order valence-electron chi connectivity index (χ0n) is 16.5. The van der Waals surface area contributed by atoms with Crippen molar-refractivity contribution in [1.82, 2.24) is 20.2 Å². The number of carbonyl (C=O) groups is 1. The summed E-state index contributed by atoms with van der Waals surface area (Å²) in [4.78, 5) is 12.8. The lowest BCUT2D eigenvalue weighted by molar-refractivity contribution is -0.137. The second-order valence-corrected chi connectivity index (χ2v) is 6.38. The smallest absolute Gasteiger partial charge is 0.416 e. The third-order valence-electron chi connectivity index (χ3n) is 4.36. The van der Waals surface area contributed by atoms with Gasteiger partial charge >= 0.3 is 6.18 Å². The summed E-state index contributed by atoms with van der Waals surface area (Å²) in [5, 5.41) is 13.4. The van der Waals surface area contributed by atoms with Crippen molar-refractivity contribution in [3.05, 3.63) is 52.8 Å².